The predicted octanol–water partition coefficient (Wildman–Crippen LogP) is 0.207. The van der Waals surface area contributed by atoms with E-state index in [0.29, 0.717) is 5.56 Å². The largest absolute Gasteiger partial charge is 0.508 e. The topological polar surface area (TPSA) is 170 Å². The fourth-order valence-corrected chi connectivity index (χ4v) is 3.00. The lowest BCUT2D eigenvalue weighted by Gasteiger charge is -2.40. The van der Waals surface area contributed by atoms with E-state index in [1.165, 1.54) is 42.5 Å². The molecule has 2 aromatic carbocycles. The van der Waals surface area contributed by atoms with Crippen molar-refractivity contribution >= 4 is 5.97 Å². The van der Waals surface area contributed by atoms with Crippen LogP contribution in [-0.4, -0.2) is 68.8 Å². The Labute approximate surface area is 177 Å². The molecule has 0 saturated carbocycles. The van der Waals surface area contributed by atoms with Gasteiger partial charge in [0.05, 0.1) is 18.1 Å². The lowest BCUT2D eigenvalue weighted by Crippen LogP contribution is -2.60. The number of phenolic OH excluding ortho intramolecular Hbond substituents is 2. The van der Waals surface area contributed by atoms with Gasteiger partial charge in [0.25, 0.3) is 0 Å². The van der Waals surface area contributed by atoms with E-state index in [4.69, 9.17) is 19.5 Å². The number of hydrogen-bond donors (Lipinski definition) is 5. The van der Waals surface area contributed by atoms with Gasteiger partial charge >= 0.3 is 5.97 Å². The average molecular weight is 431 g/mol. The second kappa shape index (κ2) is 9.63. The summed E-state index contributed by atoms with van der Waals surface area (Å²) in [4.78, 5) is 12.1. The highest BCUT2D eigenvalue weighted by molar-refractivity contribution is 5.89. The number of ether oxygens (including phenoxy) is 3. The Bertz CT molecular complexity index is 956. The SMILES string of the molecule is N#CCc1ccc(O)cc1O[C@@H]1O[C@H](COC(=O)c2ccc(O)cc2)[C@@H](O)[C@H](O)[C@H]1O. The van der Waals surface area contributed by atoms with Crippen molar-refractivity contribution in [2.45, 2.75) is 37.1 Å². The molecule has 0 bridgehead atoms. The molecule has 1 aliphatic heterocycles. The van der Waals surface area contributed by atoms with Gasteiger partial charge in [0.2, 0.25) is 6.29 Å². The molecule has 164 valence electrons. The minimum atomic E-state index is -1.67. The number of nitrogens with zero attached hydrogens (tertiary/aromatic N) is 1. The maximum absolute atomic E-state index is 12.1. The molecular weight excluding hydrogens is 410 g/mol. The van der Waals surface area contributed by atoms with Crippen LogP contribution in [0.1, 0.15) is 15.9 Å². The Balaban J connectivity index is 1.70. The molecule has 0 aromatic heterocycles. The van der Waals surface area contributed by atoms with Crippen LogP contribution in [0.4, 0.5) is 0 Å². The Morgan fingerprint density at radius 3 is 2.35 bits per heavy atom. The molecule has 0 radical (unpaired) electrons. The maximum atomic E-state index is 12.1. The Morgan fingerprint density at radius 2 is 1.68 bits per heavy atom. The molecule has 1 fully saturated rings. The second-order valence-corrected chi connectivity index (χ2v) is 6.90. The number of benzene rings is 2. The van der Waals surface area contributed by atoms with Gasteiger partial charge in [-0.1, -0.05) is 6.07 Å². The van der Waals surface area contributed by atoms with Crippen LogP contribution in [0.5, 0.6) is 17.2 Å². The first-order valence-corrected chi connectivity index (χ1v) is 9.31. The number of carbonyl (C=O) groups excluding carboxylic acids is 1. The van der Waals surface area contributed by atoms with Crippen LogP contribution in [0.15, 0.2) is 42.5 Å². The van der Waals surface area contributed by atoms with Crippen LogP contribution in [0.2, 0.25) is 0 Å². The molecule has 10 heteroatoms. The van der Waals surface area contributed by atoms with Gasteiger partial charge in [0.1, 0.15) is 48.3 Å². The summed E-state index contributed by atoms with van der Waals surface area (Å²) in [7, 11) is 0. The molecule has 1 saturated heterocycles. The van der Waals surface area contributed by atoms with Crippen LogP contribution >= 0.6 is 0 Å². The fraction of sp³-hybridized carbons (Fsp3) is 0.333. The van der Waals surface area contributed by atoms with E-state index in [1.54, 1.807) is 0 Å². The summed E-state index contributed by atoms with van der Waals surface area (Å²) in [5, 5.41) is 58.5. The van der Waals surface area contributed by atoms with Crippen LogP contribution < -0.4 is 4.74 Å². The first-order valence-electron chi connectivity index (χ1n) is 9.31. The third-order valence-electron chi connectivity index (χ3n) is 4.71. The van der Waals surface area contributed by atoms with Crippen LogP contribution in [-0.2, 0) is 15.9 Å². The molecule has 0 unspecified atom stereocenters. The highest BCUT2D eigenvalue weighted by Crippen LogP contribution is 2.29. The van der Waals surface area contributed by atoms with Gasteiger partial charge in [-0.3, -0.25) is 0 Å². The van der Waals surface area contributed by atoms with Gasteiger partial charge in [0.15, 0.2) is 0 Å². The number of aliphatic hydroxyl groups is 3. The van der Waals surface area contributed by atoms with Gasteiger partial charge in [-0.25, -0.2) is 4.79 Å². The molecule has 10 nitrogen and oxygen atoms in total. The summed E-state index contributed by atoms with van der Waals surface area (Å²) < 4.78 is 16.2. The molecule has 1 heterocycles. The number of aromatic hydroxyl groups is 2. The van der Waals surface area contributed by atoms with Crippen molar-refractivity contribution in [1.82, 2.24) is 0 Å². The predicted molar refractivity (Wildman–Crippen MR) is 103 cm³/mol. The van der Waals surface area contributed by atoms with Crippen molar-refractivity contribution < 1.29 is 44.5 Å². The van der Waals surface area contributed by atoms with Crippen LogP contribution in [0.3, 0.4) is 0 Å². The molecular formula is C21H21NO9. The fourth-order valence-electron chi connectivity index (χ4n) is 3.00. The van der Waals surface area contributed by atoms with Crippen molar-refractivity contribution in [3.05, 3.63) is 53.6 Å². The molecule has 5 atom stereocenters. The smallest absolute Gasteiger partial charge is 0.338 e. The van der Waals surface area contributed by atoms with E-state index < -0.39 is 43.3 Å². The second-order valence-electron chi connectivity index (χ2n) is 6.90. The number of nitriles is 1. The number of phenols is 2. The standard InChI is InChI=1S/C21H21NO9/c22-8-7-11-1-6-14(24)9-15(11)30-21-19(27)18(26)17(25)16(31-21)10-29-20(28)12-2-4-13(23)5-3-12/h1-6,9,16-19,21,23-27H,7,10H2/t16-,17-,18+,19-,21-/m1/s1. The normalized spacial score (nSPS) is 25.4. The van der Waals surface area contributed by atoms with E-state index >= 15 is 0 Å². The minimum Gasteiger partial charge on any atom is -0.508 e. The monoisotopic (exact) mass is 431 g/mol. The number of hydrogen-bond acceptors (Lipinski definition) is 10. The summed E-state index contributed by atoms with van der Waals surface area (Å²) in [6, 6.07) is 11.3. The van der Waals surface area contributed by atoms with E-state index in [0.717, 1.165) is 0 Å². The Kier molecular flexibility index (Phi) is 6.94. The van der Waals surface area contributed by atoms with Gasteiger partial charge in [-0.15, -0.1) is 0 Å². The molecule has 3 rings (SSSR count). The number of aliphatic hydroxyl groups excluding tert-OH is 3. The third kappa shape index (κ3) is 5.22. The van der Waals surface area contributed by atoms with Crippen molar-refractivity contribution in [3.8, 4) is 23.3 Å². The molecule has 0 spiro atoms. The molecule has 0 amide bonds. The molecule has 2 aromatic rings. The van der Waals surface area contributed by atoms with Crippen LogP contribution in [0, 0.1) is 11.3 Å². The average Bonchev–Trinajstić information content (AvgIpc) is 2.75. The Hall–Kier alpha value is -3.36. The summed E-state index contributed by atoms with van der Waals surface area (Å²) in [5.41, 5.74) is 0.560. The zero-order valence-corrected chi connectivity index (χ0v) is 16.2. The molecule has 0 aliphatic carbocycles. The van der Waals surface area contributed by atoms with E-state index in [1.807, 2.05) is 6.07 Å². The highest BCUT2D eigenvalue weighted by Gasteiger charge is 2.45. The molecule has 31 heavy (non-hydrogen) atoms. The van der Waals surface area contributed by atoms with Crippen molar-refractivity contribution in [2.24, 2.45) is 0 Å². The summed E-state index contributed by atoms with van der Waals surface area (Å²) in [5.74, 6) is -0.878. The summed E-state index contributed by atoms with van der Waals surface area (Å²) >= 11 is 0. The lowest BCUT2D eigenvalue weighted by atomic mass is 9.99. The minimum absolute atomic E-state index is 0.0256. The van der Waals surface area contributed by atoms with E-state index in [-0.39, 0.29) is 29.2 Å². The zero-order chi connectivity index (χ0) is 22.5. The first-order chi connectivity index (χ1) is 14.8. The van der Waals surface area contributed by atoms with E-state index in [9.17, 15) is 30.3 Å². The van der Waals surface area contributed by atoms with Gasteiger partial charge < -0.3 is 39.7 Å². The number of carbonyl (C=O) groups is 1. The Morgan fingerprint density at radius 1 is 1.00 bits per heavy atom. The van der Waals surface area contributed by atoms with Gasteiger partial charge in [-0.05, 0) is 30.3 Å². The van der Waals surface area contributed by atoms with Crippen molar-refractivity contribution in [3.63, 3.8) is 0 Å². The van der Waals surface area contributed by atoms with E-state index in [2.05, 4.69) is 0 Å². The number of rotatable bonds is 6. The summed E-state index contributed by atoms with van der Waals surface area (Å²) in [6.07, 6.45) is -7.66. The van der Waals surface area contributed by atoms with Gasteiger partial charge in [0, 0.05) is 11.6 Å². The molecule has 5 N–H and O–H groups in total. The summed E-state index contributed by atoms with van der Waals surface area (Å²) in [6.45, 7) is -0.463. The zero-order valence-electron chi connectivity index (χ0n) is 16.2. The van der Waals surface area contributed by atoms with Gasteiger partial charge in [-0.2, -0.15) is 5.26 Å². The highest BCUT2D eigenvalue weighted by atomic mass is 16.7. The third-order valence-corrected chi connectivity index (χ3v) is 4.71. The maximum Gasteiger partial charge on any atom is 0.338 e. The first kappa shape index (κ1) is 22.3. The van der Waals surface area contributed by atoms with Crippen LogP contribution in [0.25, 0.3) is 0 Å². The number of esters is 1. The quantitative estimate of drug-likeness (QED) is 0.398. The van der Waals surface area contributed by atoms with Crippen molar-refractivity contribution in [1.29, 1.82) is 5.26 Å². The van der Waals surface area contributed by atoms with Crippen molar-refractivity contribution in [2.75, 3.05) is 6.61 Å². The molecule has 1 aliphatic rings. The lowest BCUT2D eigenvalue weighted by molar-refractivity contribution is -0.277.